The molecule has 0 bridgehead atoms. The Morgan fingerprint density at radius 3 is 2.59 bits per heavy atom. The van der Waals surface area contributed by atoms with Crippen LogP contribution in [0.4, 0.5) is 5.82 Å². The van der Waals surface area contributed by atoms with Crippen molar-refractivity contribution in [3.63, 3.8) is 0 Å². The minimum absolute atomic E-state index is 0.0176. The fraction of sp³-hybridized carbons (Fsp3) is 0.353. The third-order valence-corrected chi connectivity index (χ3v) is 4.31. The third kappa shape index (κ3) is 2.93. The highest BCUT2D eigenvalue weighted by Crippen LogP contribution is 2.33. The zero-order chi connectivity index (χ0) is 15.5. The SMILES string of the molecule is CC1CN(c2cnc(C(=O)O)cn2)CCC1c1ccccc1. The van der Waals surface area contributed by atoms with Crippen molar-refractivity contribution in [2.45, 2.75) is 19.3 Å². The zero-order valence-electron chi connectivity index (χ0n) is 12.5. The molecule has 0 amide bonds. The van der Waals surface area contributed by atoms with Gasteiger partial charge in [0.05, 0.1) is 12.4 Å². The van der Waals surface area contributed by atoms with E-state index in [0.717, 1.165) is 25.3 Å². The van der Waals surface area contributed by atoms with Gasteiger partial charge in [-0.2, -0.15) is 0 Å². The summed E-state index contributed by atoms with van der Waals surface area (Å²) >= 11 is 0. The van der Waals surface area contributed by atoms with E-state index in [1.165, 1.54) is 11.8 Å². The van der Waals surface area contributed by atoms with Crippen molar-refractivity contribution in [1.82, 2.24) is 9.97 Å². The van der Waals surface area contributed by atoms with Crippen LogP contribution >= 0.6 is 0 Å². The number of carbonyl (C=O) groups is 1. The Morgan fingerprint density at radius 1 is 1.23 bits per heavy atom. The van der Waals surface area contributed by atoms with E-state index in [4.69, 9.17) is 5.11 Å². The number of aromatic carboxylic acids is 1. The second-order valence-electron chi connectivity index (χ2n) is 5.79. The lowest BCUT2D eigenvalue weighted by Crippen LogP contribution is -2.39. The van der Waals surface area contributed by atoms with Crippen LogP contribution in [0, 0.1) is 5.92 Å². The number of carboxylic acids is 1. The van der Waals surface area contributed by atoms with Gasteiger partial charge in [0.15, 0.2) is 5.69 Å². The van der Waals surface area contributed by atoms with Crippen molar-refractivity contribution in [3.05, 3.63) is 54.0 Å². The number of nitrogens with zero attached hydrogens (tertiary/aromatic N) is 3. The average molecular weight is 297 g/mol. The number of benzene rings is 1. The van der Waals surface area contributed by atoms with Crippen LogP contribution in [-0.2, 0) is 0 Å². The van der Waals surface area contributed by atoms with E-state index in [1.54, 1.807) is 6.20 Å². The Balaban J connectivity index is 1.71. The maximum absolute atomic E-state index is 10.8. The Labute approximate surface area is 129 Å². The average Bonchev–Trinajstić information content (AvgIpc) is 2.55. The van der Waals surface area contributed by atoms with Crippen LogP contribution in [0.25, 0.3) is 0 Å². The molecule has 1 N–H and O–H groups in total. The maximum Gasteiger partial charge on any atom is 0.356 e. The van der Waals surface area contributed by atoms with Gasteiger partial charge in [-0.15, -0.1) is 0 Å². The van der Waals surface area contributed by atoms with Gasteiger partial charge in [0, 0.05) is 13.1 Å². The molecule has 22 heavy (non-hydrogen) atoms. The highest BCUT2D eigenvalue weighted by Gasteiger charge is 2.28. The van der Waals surface area contributed by atoms with Gasteiger partial charge in [-0.25, -0.2) is 14.8 Å². The predicted molar refractivity (Wildman–Crippen MR) is 84.2 cm³/mol. The van der Waals surface area contributed by atoms with Gasteiger partial charge < -0.3 is 10.0 Å². The Bertz CT molecular complexity index is 643. The smallest absolute Gasteiger partial charge is 0.356 e. The van der Waals surface area contributed by atoms with Gasteiger partial charge >= 0.3 is 5.97 Å². The summed E-state index contributed by atoms with van der Waals surface area (Å²) in [4.78, 5) is 21.2. The molecule has 2 unspecified atom stereocenters. The normalized spacial score (nSPS) is 21.6. The van der Waals surface area contributed by atoms with Crippen LogP contribution in [0.2, 0.25) is 0 Å². The third-order valence-electron chi connectivity index (χ3n) is 4.31. The molecule has 0 spiro atoms. The van der Waals surface area contributed by atoms with Crippen molar-refractivity contribution in [2.24, 2.45) is 5.92 Å². The van der Waals surface area contributed by atoms with E-state index in [-0.39, 0.29) is 5.69 Å². The molecule has 0 aliphatic carbocycles. The molecule has 1 aliphatic heterocycles. The second kappa shape index (κ2) is 6.13. The fourth-order valence-electron chi connectivity index (χ4n) is 3.14. The molecule has 1 aromatic carbocycles. The number of aromatic nitrogens is 2. The number of hydrogen-bond donors (Lipinski definition) is 1. The molecule has 0 radical (unpaired) electrons. The van der Waals surface area contributed by atoms with E-state index in [9.17, 15) is 4.79 Å². The van der Waals surface area contributed by atoms with Crippen LogP contribution in [-0.4, -0.2) is 34.1 Å². The molecule has 2 heterocycles. The number of hydrogen-bond acceptors (Lipinski definition) is 4. The summed E-state index contributed by atoms with van der Waals surface area (Å²) in [5.74, 6) is 0.777. The minimum atomic E-state index is -1.05. The van der Waals surface area contributed by atoms with Crippen LogP contribution < -0.4 is 4.90 Å². The Hall–Kier alpha value is -2.43. The van der Waals surface area contributed by atoms with E-state index >= 15 is 0 Å². The lowest BCUT2D eigenvalue weighted by atomic mass is 9.81. The monoisotopic (exact) mass is 297 g/mol. The summed E-state index contributed by atoms with van der Waals surface area (Å²) in [5, 5.41) is 8.87. The molecule has 114 valence electrons. The molecule has 2 atom stereocenters. The van der Waals surface area contributed by atoms with Gasteiger partial charge in [0.2, 0.25) is 0 Å². The largest absolute Gasteiger partial charge is 0.476 e. The van der Waals surface area contributed by atoms with Gasteiger partial charge in [-0.3, -0.25) is 0 Å². The fourth-order valence-corrected chi connectivity index (χ4v) is 3.14. The number of carboxylic acid groups (broad SMARTS) is 1. The van der Waals surface area contributed by atoms with E-state index in [1.807, 2.05) is 6.07 Å². The molecule has 1 fully saturated rings. The van der Waals surface area contributed by atoms with E-state index < -0.39 is 5.97 Å². The number of anilines is 1. The maximum atomic E-state index is 10.8. The number of rotatable bonds is 3. The first-order chi connectivity index (χ1) is 10.6. The van der Waals surface area contributed by atoms with Crippen LogP contribution in [0.1, 0.15) is 35.3 Å². The highest BCUT2D eigenvalue weighted by atomic mass is 16.4. The zero-order valence-corrected chi connectivity index (χ0v) is 12.5. The van der Waals surface area contributed by atoms with Gasteiger partial charge in [0.1, 0.15) is 5.82 Å². The van der Waals surface area contributed by atoms with Crippen molar-refractivity contribution < 1.29 is 9.90 Å². The second-order valence-corrected chi connectivity index (χ2v) is 5.79. The number of piperidine rings is 1. The molecular weight excluding hydrogens is 278 g/mol. The standard InChI is InChI=1S/C17H19N3O2/c1-12-11-20(16-10-18-15(9-19-16)17(21)22)8-7-14(12)13-5-3-2-4-6-13/h2-6,9-10,12,14H,7-8,11H2,1H3,(H,21,22). The molecule has 1 aliphatic rings. The topological polar surface area (TPSA) is 66.3 Å². The molecule has 5 nitrogen and oxygen atoms in total. The van der Waals surface area contributed by atoms with Crippen molar-refractivity contribution >= 4 is 11.8 Å². The van der Waals surface area contributed by atoms with Crippen LogP contribution in [0.3, 0.4) is 0 Å². The molecule has 3 rings (SSSR count). The predicted octanol–water partition coefficient (Wildman–Crippen LogP) is 2.80. The molecule has 0 saturated carbocycles. The van der Waals surface area contributed by atoms with E-state index in [2.05, 4.69) is 46.1 Å². The van der Waals surface area contributed by atoms with Crippen molar-refractivity contribution in [2.75, 3.05) is 18.0 Å². The lowest BCUT2D eigenvalue weighted by molar-refractivity contribution is 0.0690. The van der Waals surface area contributed by atoms with Gasteiger partial charge in [-0.1, -0.05) is 37.3 Å². The molecule has 1 aromatic heterocycles. The molecular formula is C17H19N3O2. The quantitative estimate of drug-likeness (QED) is 0.943. The summed E-state index contributed by atoms with van der Waals surface area (Å²) in [6.07, 6.45) is 3.94. The van der Waals surface area contributed by atoms with Gasteiger partial charge in [-0.05, 0) is 23.8 Å². The summed E-state index contributed by atoms with van der Waals surface area (Å²) in [7, 11) is 0. The summed E-state index contributed by atoms with van der Waals surface area (Å²) in [6.45, 7) is 4.06. The summed E-state index contributed by atoms with van der Waals surface area (Å²) in [6, 6.07) is 10.6. The molecule has 2 aromatic rings. The lowest BCUT2D eigenvalue weighted by Gasteiger charge is -2.37. The minimum Gasteiger partial charge on any atom is -0.476 e. The Morgan fingerprint density at radius 2 is 2.00 bits per heavy atom. The first-order valence-corrected chi connectivity index (χ1v) is 7.50. The summed E-state index contributed by atoms with van der Waals surface area (Å²) < 4.78 is 0. The van der Waals surface area contributed by atoms with Crippen LogP contribution in [0.5, 0.6) is 0 Å². The van der Waals surface area contributed by atoms with E-state index in [0.29, 0.717) is 11.8 Å². The van der Waals surface area contributed by atoms with Crippen LogP contribution in [0.15, 0.2) is 42.7 Å². The van der Waals surface area contributed by atoms with Gasteiger partial charge in [0.25, 0.3) is 0 Å². The first kappa shape index (κ1) is 14.5. The van der Waals surface area contributed by atoms with Crippen molar-refractivity contribution in [1.29, 1.82) is 0 Å². The first-order valence-electron chi connectivity index (χ1n) is 7.50. The molecule has 1 saturated heterocycles. The summed E-state index contributed by atoms with van der Waals surface area (Å²) in [5.41, 5.74) is 1.37. The highest BCUT2D eigenvalue weighted by molar-refractivity contribution is 5.84. The van der Waals surface area contributed by atoms with Crippen molar-refractivity contribution in [3.8, 4) is 0 Å². The molecule has 5 heteroatoms. The Kier molecular flexibility index (Phi) is 4.04.